The van der Waals surface area contributed by atoms with Gasteiger partial charge in [-0.25, -0.2) is 4.68 Å². The van der Waals surface area contributed by atoms with E-state index in [1.165, 1.54) is 0 Å². The number of amides is 2. The van der Waals surface area contributed by atoms with Gasteiger partial charge in [-0.05, 0) is 31.4 Å². The Labute approximate surface area is 192 Å². The molecule has 0 radical (unpaired) electrons. The van der Waals surface area contributed by atoms with E-state index >= 15 is 0 Å². The summed E-state index contributed by atoms with van der Waals surface area (Å²) < 4.78 is 6.89. The van der Waals surface area contributed by atoms with Crippen molar-refractivity contribution in [2.24, 2.45) is 0 Å². The van der Waals surface area contributed by atoms with E-state index in [9.17, 15) is 9.59 Å². The van der Waals surface area contributed by atoms with E-state index in [4.69, 9.17) is 9.84 Å². The van der Waals surface area contributed by atoms with Gasteiger partial charge in [-0.1, -0.05) is 52.3 Å². The van der Waals surface area contributed by atoms with Gasteiger partial charge in [-0.15, -0.1) is 0 Å². The summed E-state index contributed by atoms with van der Waals surface area (Å²) in [6.07, 6.45) is 2.90. The largest absolute Gasteiger partial charge is 0.385 e. The van der Waals surface area contributed by atoms with Crippen molar-refractivity contribution in [1.29, 1.82) is 0 Å². The maximum atomic E-state index is 13.0. The van der Waals surface area contributed by atoms with Gasteiger partial charge in [0.2, 0.25) is 11.8 Å². The minimum absolute atomic E-state index is 0.000829. The van der Waals surface area contributed by atoms with Crippen molar-refractivity contribution < 1.29 is 14.3 Å². The SMILES string of the molecule is CCCCC(=O)N(CCCOC)CC(=O)Nc1cc(C(C)(C)C)nn1-c1ccccc1C. The molecule has 0 fully saturated rings. The Morgan fingerprint density at radius 3 is 2.53 bits per heavy atom. The van der Waals surface area contributed by atoms with Crippen LogP contribution in [0.25, 0.3) is 5.69 Å². The molecule has 1 N–H and O–H groups in total. The van der Waals surface area contributed by atoms with E-state index in [2.05, 4.69) is 33.0 Å². The number of hydrogen-bond acceptors (Lipinski definition) is 4. The Hall–Kier alpha value is -2.67. The molecule has 7 nitrogen and oxygen atoms in total. The molecule has 0 aliphatic heterocycles. The van der Waals surface area contributed by atoms with Crippen LogP contribution in [0.15, 0.2) is 30.3 Å². The van der Waals surface area contributed by atoms with E-state index in [0.717, 1.165) is 29.8 Å². The summed E-state index contributed by atoms with van der Waals surface area (Å²) in [6, 6.07) is 9.85. The molecule has 0 saturated heterocycles. The zero-order valence-corrected chi connectivity index (χ0v) is 20.4. The molecule has 0 unspecified atom stereocenters. The van der Waals surface area contributed by atoms with Gasteiger partial charge in [0.05, 0.1) is 17.9 Å². The summed E-state index contributed by atoms with van der Waals surface area (Å²) in [6.45, 7) is 11.4. The van der Waals surface area contributed by atoms with Gasteiger partial charge in [-0.3, -0.25) is 9.59 Å². The van der Waals surface area contributed by atoms with Crippen LogP contribution < -0.4 is 5.32 Å². The molecule has 0 spiro atoms. The number of rotatable bonds is 11. The maximum absolute atomic E-state index is 13.0. The first kappa shape index (κ1) is 25.6. The Balaban J connectivity index is 2.25. The molecule has 0 aliphatic carbocycles. The number of para-hydroxylation sites is 1. The molecular weight excluding hydrogens is 404 g/mol. The summed E-state index contributed by atoms with van der Waals surface area (Å²) in [7, 11) is 1.63. The smallest absolute Gasteiger partial charge is 0.245 e. The second-order valence-electron chi connectivity index (χ2n) is 9.18. The molecular formula is C25H38N4O3. The summed E-state index contributed by atoms with van der Waals surface area (Å²) >= 11 is 0. The lowest BCUT2D eigenvalue weighted by atomic mass is 9.92. The van der Waals surface area contributed by atoms with Crippen LogP contribution in [0.3, 0.4) is 0 Å². The number of aromatic nitrogens is 2. The first-order valence-corrected chi connectivity index (χ1v) is 11.4. The van der Waals surface area contributed by atoms with Crippen molar-refractivity contribution in [1.82, 2.24) is 14.7 Å². The van der Waals surface area contributed by atoms with Crippen LogP contribution in [0.5, 0.6) is 0 Å². The van der Waals surface area contributed by atoms with E-state index < -0.39 is 0 Å². The lowest BCUT2D eigenvalue weighted by Gasteiger charge is -2.22. The number of anilines is 1. The Morgan fingerprint density at radius 2 is 1.91 bits per heavy atom. The van der Waals surface area contributed by atoms with Gasteiger partial charge >= 0.3 is 0 Å². The fraction of sp³-hybridized carbons (Fsp3) is 0.560. The molecule has 176 valence electrons. The normalized spacial score (nSPS) is 11.4. The quantitative estimate of drug-likeness (QED) is 0.521. The summed E-state index contributed by atoms with van der Waals surface area (Å²) in [5.41, 5.74) is 2.68. The number of aryl methyl sites for hydroxylation is 1. The van der Waals surface area contributed by atoms with Crippen LogP contribution in [0.1, 0.15) is 64.6 Å². The average Bonchev–Trinajstić information content (AvgIpc) is 3.15. The first-order chi connectivity index (χ1) is 15.2. The van der Waals surface area contributed by atoms with E-state index in [1.54, 1.807) is 16.7 Å². The molecule has 1 aromatic carbocycles. The second kappa shape index (κ2) is 11.8. The number of carbonyl (C=O) groups is 2. The molecule has 0 atom stereocenters. The minimum Gasteiger partial charge on any atom is -0.385 e. The number of benzene rings is 1. The van der Waals surface area contributed by atoms with E-state index in [0.29, 0.717) is 31.8 Å². The first-order valence-electron chi connectivity index (χ1n) is 11.4. The maximum Gasteiger partial charge on any atom is 0.245 e. The predicted octanol–water partition coefficient (Wildman–Crippen LogP) is 4.47. The van der Waals surface area contributed by atoms with Gasteiger partial charge in [0.1, 0.15) is 5.82 Å². The average molecular weight is 443 g/mol. The van der Waals surface area contributed by atoms with Crippen LogP contribution in [-0.4, -0.2) is 53.3 Å². The van der Waals surface area contributed by atoms with Crippen molar-refractivity contribution >= 4 is 17.6 Å². The third-order valence-electron chi connectivity index (χ3n) is 5.30. The molecule has 0 aliphatic rings. The third-order valence-corrected chi connectivity index (χ3v) is 5.30. The fourth-order valence-corrected chi connectivity index (χ4v) is 3.35. The van der Waals surface area contributed by atoms with Crippen LogP contribution in [-0.2, 0) is 19.7 Å². The van der Waals surface area contributed by atoms with E-state index in [1.807, 2.05) is 37.3 Å². The number of nitrogens with one attached hydrogen (secondary N) is 1. The molecule has 32 heavy (non-hydrogen) atoms. The lowest BCUT2D eigenvalue weighted by molar-refractivity contribution is -0.135. The van der Waals surface area contributed by atoms with Crippen LogP contribution in [0.4, 0.5) is 5.82 Å². The highest BCUT2D eigenvalue weighted by atomic mass is 16.5. The topological polar surface area (TPSA) is 76.5 Å². The highest BCUT2D eigenvalue weighted by molar-refractivity contribution is 5.94. The number of unbranched alkanes of at least 4 members (excludes halogenated alkanes) is 1. The van der Waals surface area contributed by atoms with Gasteiger partial charge < -0.3 is 15.0 Å². The highest BCUT2D eigenvalue weighted by Gasteiger charge is 2.23. The van der Waals surface area contributed by atoms with E-state index in [-0.39, 0.29) is 23.8 Å². The molecule has 1 heterocycles. The van der Waals surface area contributed by atoms with Crippen molar-refractivity contribution in [2.45, 2.75) is 65.7 Å². The number of ether oxygens (including phenoxy) is 1. The molecule has 2 amide bonds. The Kier molecular flexibility index (Phi) is 9.44. The van der Waals surface area contributed by atoms with Gasteiger partial charge in [0.15, 0.2) is 0 Å². The Morgan fingerprint density at radius 1 is 1.19 bits per heavy atom. The molecule has 0 saturated carbocycles. The van der Waals surface area contributed by atoms with Crippen molar-refractivity contribution in [3.8, 4) is 5.69 Å². The summed E-state index contributed by atoms with van der Waals surface area (Å²) in [5.74, 6) is 0.371. The molecule has 2 rings (SSSR count). The number of hydrogen-bond donors (Lipinski definition) is 1. The highest BCUT2D eigenvalue weighted by Crippen LogP contribution is 2.27. The van der Waals surface area contributed by atoms with Crippen molar-refractivity contribution in [3.63, 3.8) is 0 Å². The third kappa shape index (κ3) is 7.19. The van der Waals surface area contributed by atoms with Crippen LogP contribution in [0.2, 0.25) is 0 Å². The molecule has 7 heteroatoms. The second-order valence-corrected chi connectivity index (χ2v) is 9.18. The lowest BCUT2D eigenvalue weighted by Crippen LogP contribution is -2.39. The fourth-order valence-electron chi connectivity index (χ4n) is 3.35. The minimum atomic E-state index is -0.234. The van der Waals surface area contributed by atoms with Gasteiger partial charge in [0, 0.05) is 38.2 Å². The zero-order valence-electron chi connectivity index (χ0n) is 20.4. The van der Waals surface area contributed by atoms with Crippen LogP contribution in [0, 0.1) is 6.92 Å². The molecule has 2 aromatic rings. The number of nitrogens with zero attached hydrogens (tertiary/aromatic N) is 3. The number of methoxy groups -OCH3 is 1. The summed E-state index contributed by atoms with van der Waals surface area (Å²) in [4.78, 5) is 27.3. The van der Waals surface area contributed by atoms with Crippen molar-refractivity contribution in [2.75, 3.05) is 32.1 Å². The molecule has 1 aromatic heterocycles. The predicted molar refractivity (Wildman–Crippen MR) is 128 cm³/mol. The molecule has 0 bridgehead atoms. The zero-order chi connectivity index (χ0) is 23.7. The number of carbonyl (C=O) groups excluding carboxylic acids is 2. The van der Waals surface area contributed by atoms with Gasteiger partial charge in [-0.2, -0.15) is 5.10 Å². The van der Waals surface area contributed by atoms with Gasteiger partial charge in [0.25, 0.3) is 0 Å². The Bertz CT molecular complexity index is 899. The standard InChI is InChI=1S/C25H38N4O3/c1-7-8-14-24(31)28(15-11-16-32-6)18-23(30)26-22-17-21(25(3,4)5)27-29(22)20-13-10-9-12-19(20)2/h9-10,12-13,17H,7-8,11,14-16,18H2,1-6H3,(H,26,30). The monoisotopic (exact) mass is 442 g/mol. The summed E-state index contributed by atoms with van der Waals surface area (Å²) in [5, 5.41) is 7.78. The van der Waals surface area contributed by atoms with Crippen molar-refractivity contribution in [3.05, 3.63) is 41.6 Å². The van der Waals surface area contributed by atoms with Crippen LogP contribution >= 0.6 is 0 Å².